The molecule has 0 bridgehead atoms. The highest BCUT2D eigenvalue weighted by molar-refractivity contribution is 7.99. The van der Waals surface area contributed by atoms with Crippen molar-refractivity contribution in [2.45, 2.75) is 29.4 Å². The van der Waals surface area contributed by atoms with Gasteiger partial charge in [0.1, 0.15) is 10.7 Å². The minimum Gasteiger partial charge on any atom is -0.383 e. The van der Waals surface area contributed by atoms with E-state index in [2.05, 4.69) is 16.5 Å². The molecule has 1 aliphatic heterocycles. The summed E-state index contributed by atoms with van der Waals surface area (Å²) in [5.74, 6) is 0.112. The molecule has 0 saturated carbocycles. The van der Waals surface area contributed by atoms with Crippen LogP contribution in [0, 0.1) is 0 Å². The molecule has 1 saturated heterocycles. The largest absolute Gasteiger partial charge is 0.383 e. The fourth-order valence-corrected chi connectivity index (χ4v) is 4.39. The SMILES string of the molecule is CSC1CCCN(S(=O)(=O)c2cn[nH]c2N)CC1. The molecule has 2 heterocycles. The first-order chi connectivity index (χ1) is 8.55. The summed E-state index contributed by atoms with van der Waals surface area (Å²) in [6.07, 6.45) is 6.19. The van der Waals surface area contributed by atoms with Crippen LogP contribution in [0.15, 0.2) is 11.1 Å². The normalized spacial score (nSPS) is 22.8. The molecule has 2 rings (SSSR count). The van der Waals surface area contributed by atoms with Crippen molar-refractivity contribution in [3.8, 4) is 0 Å². The molecule has 1 aromatic rings. The number of nitrogens with two attached hydrogens (primary N) is 1. The molecule has 0 aromatic carbocycles. The average molecular weight is 290 g/mol. The van der Waals surface area contributed by atoms with Gasteiger partial charge in [-0.2, -0.15) is 21.2 Å². The number of aromatic amines is 1. The first kappa shape index (κ1) is 13.7. The van der Waals surface area contributed by atoms with Crippen LogP contribution in [0.4, 0.5) is 5.82 Å². The molecule has 0 aliphatic carbocycles. The summed E-state index contributed by atoms with van der Waals surface area (Å²) in [7, 11) is -3.50. The Balaban J connectivity index is 2.18. The molecule has 0 spiro atoms. The van der Waals surface area contributed by atoms with Crippen LogP contribution in [0.25, 0.3) is 0 Å². The molecule has 3 N–H and O–H groups in total. The average Bonchev–Trinajstić information content (AvgIpc) is 2.65. The summed E-state index contributed by atoms with van der Waals surface area (Å²) < 4.78 is 26.3. The number of anilines is 1. The Morgan fingerprint density at radius 3 is 2.89 bits per heavy atom. The number of nitrogens with zero attached hydrogens (tertiary/aromatic N) is 2. The maximum absolute atomic E-state index is 12.4. The van der Waals surface area contributed by atoms with Crippen molar-refractivity contribution in [3.05, 3.63) is 6.20 Å². The second kappa shape index (κ2) is 5.50. The van der Waals surface area contributed by atoms with E-state index in [0.717, 1.165) is 19.3 Å². The zero-order chi connectivity index (χ0) is 13.2. The van der Waals surface area contributed by atoms with Crippen molar-refractivity contribution in [2.75, 3.05) is 25.1 Å². The Bertz CT molecular complexity index is 500. The number of rotatable bonds is 3. The van der Waals surface area contributed by atoms with E-state index >= 15 is 0 Å². The highest BCUT2D eigenvalue weighted by Crippen LogP contribution is 2.26. The maximum atomic E-state index is 12.4. The van der Waals surface area contributed by atoms with Crippen LogP contribution < -0.4 is 5.73 Å². The van der Waals surface area contributed by atoms with Crippen molar-refractivity contribution in [1.82, 2.24) is 14.5 Å². The number of H-pyrrole nitrogens is 1. The van der Waals surface area contributed by atoms with E-state index in [1.54, 1.807) is 0 Å². The zero-order valence-electron chi connectivity index (χ0n) is 10.3. The number of thioether (sulfide) groups is 1. The van der Waals surface area contributed by atoms with Gasteiger partial charge in [-0.05, 0) is 25.5 Å². The lowest BCUT2D eigenvalue weighted by molar-refractivity contribution is 0.424. The van der Waals surface area contributed by atoms with Gasteiger partial charge in [-0.3, -0.25) is 5.10 Å². The first-order valence-corrected chi connectivity index (χ1v) is 8.60. The van der Waals surface area contributed by atoms with E-state index in [9.17, 15) is 8.42 Å². The van der Waals surface area contributed by atoms with Gasteiger partial charge >= 0.3 is 0 Å². The lowest BCUT2D eigenvalue weighted by atomic mass is 10.2. The van der Waals surface area contributed by atoms with Crippen LogP contribution in [0.5, 0.6) is 0 Å². The van der Waals surface area contributed by atoms with Crippen molar-refractivity contribution < 1.29 is 8.42 Å². The fourth-order valence-electron chi connectivity index (χ4n) is 2.15. The Kier molecular flexibility index (Phi) is 4.18. The monoisotopic (exact) mass is 290 g/mol. The Morgan fingerprint density at radius 2 is 2.28 bits per heavy atom. The lowest BCUT2D eigenvalue weighted by Gasteiger charge is -2.19. The molecule has 1 aromatic heterocycles. The van der Waals surface area contributed by atoms with E-state index in [-0.39, 0.29) is 10.7 Å². The second-order valence-electron chi connectivity index (χ2n) is 4.34. The third kappa shape index (κ3) is 2.65. The number of sulfonamides is 1. The van der Waals surface area contributed by atoms with Gasteiger partial charge < -0.3 is 5.73 Å². The van der Waals surface area contributed by atoms with Gasteiger partial charge in [-0.1, -0.05) is 0 Å². The molecule has 1 atom stereocenters. The van der Waals surface area contributed by atoms with Crippen molar-refractivity contribution in [1.29, 1.82) is 0 Å². The number of nitrogen functional groups attached to an aromatic ring is 1. The lowest BCUT2D eigenvalue weighted by Crippen LogP contribution is -2.32. The van der Waals surface area contributed by atoms with Gasteiger partial charge in [0.15, 0.2) is 0 Å². The number of nitrogens with one attached hydrogen (secondary N) is 1. The molecular formula is C10H18N4O2S2. The predicted molar refractivity (Wildman–Crippen MR) is 72.9 cm³/mol. The summed E-state index contributed by atoms with van der Waals surface area (Å²) in [4.78, 5) is 0.0881. The third-order valence-corrected chi connectivity index (χ3v) is 6.28. The molecule has 0 amide bonds. The third-order valence-electron chi connectivity index (χ3n) is 3.22. The molecular weight excluding hydrogens is 272 g/mol. The smallest absolute Gasteiger partial charge is 0.248 e. The first-order valence-electron chi connectivity index (χ1n) is 5.87. The van der Waals surface area contributed by atoms with Crippen molar-refractivity contribution in [3.63, 3.8) is 0 Å². The molecule has 0 radical (unpaired) electrons. The summed E-state index contributed by atoms with van der Waals surface area (Å²) in [5.41, 5.74) is 5.60. The summed E-state index contributed by atoms with van der Waals surface area (Å²) in [5, 5.41) is 6.69. The molecule has 1 fully saturated rings. The van der Waals surface area contributed by atoms with Gasteiger partial charge in [-0.15, -0.1) is 0 Å². The molecule has 6 nitrogen and oxygen atoms in total. The van der Waals surface area contributed by atoms with Crippen LogP contribution in [0.3, 0.4) is 0 Å². The Hall–Kier alpha value is -0.730. The number of hydrogen-bond acceptors (Lipinski definition) is 5. The highest BCUT2D eigenvalue weighted by atomic mass is 32.2. The van der Waals surface area contributed by atoms with E-state index in [1.807, 2.05) is 11.8 Å². The van der Waals surface area contributed by atoms with Gasteiger partial charge in [0.2, 0.25) is 10.0 Å². The van der Waals surface area contributed by atoms with Gasteiger partial charge in [-0.25, -0.2) is 8.42 Å². The van der Waals surface area contributed by atoms with E-state index in [0.29, 0.717) is 18.3 Å². The number of hydrogen-bond donors (Lipinski definition) is 2. The Morgan fingerprint density at radius 1 is 1.50 bits per heavy atom. The van der Waals surface area contributed by atoms with E-state index < -0.39 is 10.0 Å². The minimum atomic E-state index is -3.50. The predicted octanol–water partition coefficient (Wildman–Crippen LogP) is 0.898. The van der Waals surface area contributed by atoms with Gasteiger partial charge in [0, 0.05) is 18.3 Å². The van der Waals surface area contributed by atoms with Crippen LogP contribution in [-0.2, 0) is 10.0 Å². The standard InChI is InChI=1S/C10H18N4O2S2/c1-17-8-3-2-5-14(6-4-8)18(15,16)9-7-12-13-10(9)11/h7-8H,2-6H2,1H3,(H3,11,12,13). The quantitative estimate of drug-likeness (QED) is 0.863. The maximum Gasteiger partial charge on any atom is 0.248 e. The molecule has 18 heavy (non-hydrogen) atoms. The van der Waals surface area contributed by atoms with Gasteiger partial charge in [0.05, 0.1) is 6.20 Å². The number of aromatic nitrogens is 2. The van der Waals surface area contributed by atoms with Crippen molar-refractivity contribution in [2.24, 2.45) is 0 Å². The van der Waals surface area contributed by atoms with Crippen LogP contribution in [0.2, 0.25) is 0 Å². The minimum absolute atomic E-state index is 0.0881. The van der Waals surface area contributed by atoms with E-state index in [1.165, 1.54) is 10.5 Å². The second-order valence-corrected chi connectivity index (χ2v) is 7.39. The van der Waals surface area contributed by atoms with Crippen LogP contribution in [-0.4, -0.2) is 47.5 Å². The molecule has 1 unspecified atom stereocenters. The summed E-state index contributed by atoms with van der Waals surface area (Å²) >= 11 is 1.81. The Labute approximate surface area is 111 Å². The van der Waals surface area contributed by atoms with Gasteiger partial charge in [0.25, 0.3) is 0 Å². The summed E-state index contributed by atoms with van der Waals surface area (Å²) in [6, 6.07) is 0. The molecule has 102 valence electrons. The highest BCUT2D eigenvalue weighted by Gasteiger charge is 2.29. The van der Waals surface area contributed by atoms with Crippen molar-refractivity contribution >= 4 is 27.6 Å². The van der Waals surface area contributed by atoms with E-state index in [4.69, 9.17) is 5.73 Å². The summed E-state index contributed by atoms with van der Waals surface area (Å²) in [6.45, 7) is 1.11. The molecule has 8 heteroatoms. The van der Waals surface area contributed by atoms with Crippen LogP contribution >= 0.6 is 11.8 Å². The molecule has 1 aliphatic rings. The van der Waals surface area contributed by atoms with Crippen LogP contribution in [0.1, 0.15) is 19.3 Å². The fraction of sp³-hybridized carbons (Fsp3) is 0.700. The topological polar surface area (TPSA) is 92.1 Å². The zero-order valence-corrected chi connectivity index (χ0v) is 11.9.